The molecule has 1 aliphatic heterocycles. The lowest BCUT2D eigenvalue weighted by Gasteiger charge is -2.33. The number of hydrogen-bond acceptors (Lipinski definition) is 5. The zero-order valence-corrected chi connectivity index (χ0v) is 17.8. The number of aromatic nitrogens is 1. The van der Waals surface area contributed by atoms with Crippen LogP contribution in [0.5, 0.6) is 0 Å². The van der Waals surface area contributed by atoms with Crippen LogP contribution < -0.4 is 10.6 Å². The Kier molecular flexibility index (Phi) is 6.71. The number of thiazole rings is 1. The van der Waals surface area contributed by atoms with E-state index in [1.54, 1.807) is 33.4 Å². The molecule has 0 saturated carbocycles. The first-order chi connectivity index (χ1) is 13.8. The minimum atomic E-state index is -0.256. The predicted molar refractivity (Wildman–Crippen MR) is 113 cm³/mol. The van der Waals surface area contributed by atoms with Crippen molar-refractivity contribution in [1.29, 1.82) is 0 Å². The first kappa shape index (κ1) is 21.1. The molecule has 1 aliphatic rings. The third kappa shape index (κ3) is 5.45. The van der Waals surface area contributed by atoms with E-state index in [2.05, 4.69) is 15.6 Å². The summed E-state index contributed by atoms with van der Waals surface area (Å²) >= 11 is 7.34. The number of carbonyl (C=O) groups is 3. The maximum Gasteiger partial charge on any atom is 0.323 e. The second kappa shape index (κ2) is 9.23. The molecule has 0 spiro atoms. The maximum absolute atomic E-state index is 12.4. The van der Waals surface area contributed by atoms with Gasteiger partial charge in [-0.15, -0.1) is 11.3 Å². The van der Waals surface area contributed by atoms with Crippen LogP contribution in [0.15, 0.2) is 23.6 Å². The van der Waals surface area contributed by atoms with E-state index in [-0.39, 0.29) is 24.3 Å². The van der Waals surface area contributed by atoms with E-state index in [0.717, 1.165) is 5.56 Å². The smallest absolute Gasteiger partial charge is 0.323 e. The fraction of sp³-hybridized carbons (Fsp3) is 0.368. The fourth-order valence-electron chi connectivity index (χ4n) is 2.94. The van der Waals surface area contributed by atoms with E-state index in [1.165, 1.54) is 18.3 Å². The van der Waals surface area contributed by atoms with Crippen molar-refractivity contribution < 1.29 is 14.4 Å². The Bertz CT molecular complexity index is 924. The van der Waals surface area contributed by atoms with Crippen LogP contribution in [0.25, 0.3) is 0 Å². The molecule has 0 unspecified atom stereocenters. The molecular weight excluding hydrogens is 414 g/mol. The van der Waals surface area contributed by atoms with Gasteiger partial charge >= 0.3 is 6.03 Å². The number of rotatable bonds is 4. The lowest BCUT2D eigenvalue weighted by Crippen LogP contribution is -2.51. The zero-order chi connectivity index (χ0) is 21.0. The minimum Gasteiger partial charge on any atom is -0.339 e. The highest BCUT2D eigenvalue weighted by molar-refractivity contribution is 7.13. The van der Waals surface area contributed by atoms with Gasteiger partial charge in [-0.1, -0.05) is 17.7 Å². The number of halogens is 1. The topological polar surface area (TPSA) is 94.6 Å². The first-order valence-electron chi connectivity index (χ1n) is 9.14. The third-order valence-electron chi connectivity index (χ3n) is 4.66. The number of benzene rings is 1. The maximum atomic E-state index is 12.4. The Balaban J connectivity index is 1.51. The van der Waals surface area contributed by atoms with Gasteiger partial charge in [0.25, 0.3) is 0 Å². The molecule has 2 N–H and O–H groups in total. The normalized spacial score (nSPS) is 13.9. The lowest BCUT2D eigenvalue weighted by molar-refractivity contribution is -0.130. The van der Waals surface area contributed by atoms with E-state index in [0.29, 0.717) is 47.7 Å². The average Bonchev–Trinajstić information content (AvgIpc) is 3.12. The van der Waals surface area contributed by atoms with E-state index >= 15 is 0 Å². The molecule has 4 amide bonds. The summed E-state index contributed by atoms with van der Waals surface area (Å²) in [6, 6.07) is 5.07. The summed E-state index contributed by atoms with van der Waals surface area (Å²) in [6.07, 6.45) is 0.0929. The number of amides is 4. The molecular formula is C19H22ClN5O3S. The molecule has 154 valence electrons. The lowest BCUT2D eigenvalue weighted by atomic mass is 10.2. The number of nitrogens with one attached hydrogen (secondary N) is 2. The van der Waals surface area contributed by atoms with E-state index in [4.69, 9.17) is 11.6 Å². The summed E-state index contributed by atoms with van der Waals surface area (Å²) < 4.78 is 0. The zero-order valence-electron chi connectivity index (χ0n) is 16.2. The van der Waals surface area contributed by atoms with Crippen LogP contribution in [0.4, 0.5) is 15.6 Å². The van der Waals surface area contributed by atoms with E-state index in [1.807, 2.05) is 6.92 Å². The minimum absolute atomic E-state index is 0.0147. The van der Waals surface area contributed by atoms with Crippen molar-refractivity contribution in [3.8, 4) is 0 Å². The monoisotopic (exact) mass is 435 g/mol. The van der Waals surface area contributed by atoms with Gasteiger partial charge in [-0.2, -0.15) is 0 Å². The highest BCUT2D eigenvalue weighted by Gasteiger charge is 2.23. The van der Waals surface area contributed by atoms with Crippen molar-refractivity contribution in [2.24, 2.45) is 0 Å². The Morgan fingerprint density at radius 2 is 1.83 bits per heavy atom. The van der Waals surface area contributed by atoms with Gasteiger partial charge in [-0.05, 0) is 24.6 Å². The Labute approximate surface area is 177 Å². The average molecular weight is 436 g/mol. The second-order valence-electron chi connectivity index (χ2n) is 6.70. The van der Waals surface area contributed by atoms with Crippen molar-refractivity contribution in [3.63, 3.8) is 0 Å². The number of carbonyl (C=O) groups excluding carboxylic acids is 3. The number of nitrogens with zero attached hydrogens (tertiary/aromatic N) is 3. The number of urea groups is 1. The van der Waals surface area contributed by atoms with Crippen molar-refractivity contribution in [1.82, 2.24) is 14.8 Å². The van der Waals surface area contributed by atoms with Crippen molar-refractivity contribution >= 4 is 51.6 Å². The van der Waals surface area contributed by atoms with Gasteiger partial charge in [0.2, 0.25) is 11.8 Å². The fourth-order valence-corrected chi connectivity index (χ4v) is 3.82. The SMILES string of the molecule is CC(=O)N1CCN(C(=O)Nc2nc(CC(=O)Nc3cccc(Cl)c3C)cs2)CC1. The van der Waals surface area contributed by atoms with Crippen LogP contribution >= 0.6 is 22.9 Å². The molecule has 10 heteroatoms. The van der Waals surface area contributed by atoms with Gasteiger partial charge in [0.15, 0.2) is 5.13 Å². The summed E-state index contributed by atoms with van der Waals surface area (Å²) in [4.78, 5) is 43.7. The first-order valence-corrected chi connectivity index (χ1v) is 10.4. The van der Waals surface area contributed by atoms with Gasteiger partial charge in [0, 0.05) is 49.2 Å². The molecule has 0 radical (unpaired) electrons. The van der Waals surface area contributed by atoms with Gasteiger partial charge < -0.3 is 15.1 Å². The van der Waals surface area contributed by atoms with Gasteiger partial charge in [0.1, 0.15) is 0 Å². The Morgan fingerprint density at radius 1 is 1.14 bits per heavy atom. The Morgan fingerprint density at radius 3 is 2.52 bits per heavy atom. The number of anilines is 2. The van der Waals surface area contributed by atoms with Crippen LogP contribution in [-0.2, 0) is 16.0 Å². The molecule has 0 atom stereocenters. The van der Waals surface area contributed by atoms with Crippen LogP contribution in [0.2, 0.25) is 5.02 Å². The molecule has 3 rings (SSSR count). The summed E-state index contributed by atoms with van der Waals surface area (Å²) in [5.41, 5.74) is 2.04. The molecule has 2 aromatic rings. The largest absolute Gasteiger partial charge is 0.339 e. The Hall–Kier alpha value is -2.65. The molecule has 0 bridgehead atoms. The summed E-state index contributed by atoms with van der Waals surface area (Å²) in [6.45, 7) is 5.36. The molecule has 1 aromatic heterocycles. The quantitative estimate of drug-likeness (QED) is 0.771. The molecule has 29 heavy (non-hydrogen) atoms. The van der Waals surface area contributed by atoms with Crippen LogP contribution in [0.1, 0.15) is 18.2 Å². The molecule has 1 saturated heterocycles. The summed E-state index contributed by atoms with van der Waals surface area (Å²) in [5, 5.41) is 8.35. The van der Waals surface area contributed by atoms with Gasteiger partial charge in [0.05, 0.1) is 12.1 Å². The standard InChI is InChI=1S/C19H22ClN5O3S/c1-12-15(20)4-3-5-16(12)22-17(27)10-14-11-29-18(21-14)23-19(28)25-8-6-24(7-9-25)13(2)26/h3-5,11H,6-10H2,1-2H3,(H,22,27)(H,21,23,28). The van der Waals surface area contributed by atoms with E-state index < -0.39 is 0 Å². The molecule has 1 aromatic carbocycles. The molecule has 0 aliphatic carbocycles. The highest BCUT2D eigenvalue weighted by atomic mass is 35.5. The van der Waals surface area contributed by atoms with Crippen LogP contribution in [0.3, 0.4) is 0 Å². The van der Waals surface area contributed by atoms with Crippen molar-refractivity contribution in [2.75, 3.05) is 36.8 Å². The van der Waals surface area contributed by atoms with Crippen molar-refractivity contribution in [3.05, 3.63) is 39.9 Å². The van der Waals surface area contributed by atoms with Gasteiger partial charge in [-0.3, -0.25) is 14.9 Å². The summed E-state index contributed by atoms with van der Waals surface area (Å²) in [7, 11) is 0. The third-order valence-corrected chi connectivity index (χ3v) is 5.88. The van der Waals surface area contributed by atoms with E-state index in [9.17, 15) is 14.4 Å². The number of hydrogen-bond donors (Lipinski definition) is 2. The molecule has 2 heterocycles. The van der Waals surface area contributed by atoms with Crippen LogP contribution in [-0.4, -0.2) is 58.8 Å². The van der Waals surface area contributed by atoms with Gasteiger partial charge in [-0.25, -0.2) is 9.78 Å². The molecule has 1 fully saturated rings. The second-order valence-corrected chi connectivity index (χ2v) is 7.97. The summed E-state index contributed by atoms with van der Waals surface area (Å²) in [5.74, 6) is -0.195. The van der Waals surface area contributed by atoms with Crippen molar-refractivity contribution in [2.45, 2.75) is 20.3 Å². The highest BCUT2D eigenvalue weighted by Crippen LogP contribution is 2.23. The van der Waals surface area contributed by atoms with Crippen LogP contribution in [0, 0.1) is 6.92 Å². The number of piperazine rings is 1. The molecule has 8 nitrogen and oxygen atoms in total. The predicted octanol–water partition coefficient (Wildman–Crippen LogP) is 2.98.